The van der Waals surface area contributed by atoms with Gasteiger partial charge in [0.25, 0.3) is 0 Å². The highest BCUT2D eigenvalue weighted by atomic mass is 32.2. The number of rotatable bonds is 3. The lowest BCUT2D eigenvalue weighted by molar-refractivity contribution is 0.272. The van der Waals surface area contributed by atoms with E-state index in [2.05, 4.69) is 4.98 Å². The van der Waals surface area contributed by atoms with Crippen molar-refractivity contribution in [2.45, 2.75) is 12.8 Å². The summed E-state index contributed by atoms with van der Waals surface area (Å²) in [7, 11) is -1.84. The first kappa shape index (κ1) is 14.2. The van der Waals surface area contributed by atoms with Gasteiger partial charge in [0.1, 0.15) is 5.75 Å². The average molecular weight is 310 g/mol. The van der Waals surface area contributed by atoms with Gasteiger partial charge in [0.05, 0.1) is 31.2 Å². The maximum atomic E-state index is 12.0. The first-order chi connectivity index (χ1) is 9.88. The Bertz CT molecular complexity index is 810. The fourth-order valence-corrected chi connectivity index (χ4v) is 4.06. The van der Waals surface area contributed by atoms with E-state index in [1.54, 1.807) is 13.2 Å². The highest BCUT2D eigenvalue weighted by molar-refractivity contribution is 7.92. The molecule has 0 bridgehead atoms. The Morgan fingerprint density at radius 1 is 1.52 bits per heavy atom. The van der Waals surface area contributed by atoms with Crippen molar-refractivity contribution in [1.29, 1.82) is 0 Å². The number of aryl methyl sites for hydroxylation is 1. The summed E-state index contributed by atoms with van der Waals surface area (Å²) in [6.45, 7) is 2.12. The minimum absolute atomic E-state index is 0.0922. The monoisotopic (exact) mass is 310 g/mol. The zero-order chi connectivity index (χ0) is 15.4. The predicted octanol–water partition coefficient (Wildman–Crippen LogP) is 1.34. The molecule has 6 nitrogen and oxygen atoms in total. The Kier molecular flexibility index (Phi) is 3.14. The van der Waals surface area contributed by atoms with Crippen LogP contribution in [-0.4, -0.2) is 45.0 Å². The van der Waals surface area contributed by atoms with E-state index >= 15 is 0 Å². The molecule has 0 saturated heterocycles. The first-order valence-corrected chi connectivity index (χ1v) is 8.50. The largest absolute Gasteiger partial charge is 0.494 e. The second kappa shape index (κ2) is 4.64. The standard InChI is InChI=1S/C14H18N2O4S/c1-8-5-15-14-11(20-2)4-10-13(12(8)14)9(7-17)6-16(10)21(3,18)19/h4-5,9,15,17H,6-7H2,1-3H3. The number of methoxy groups -OCH3 is 1. The van der Waals surface area contributed by atoms with Gasteiger partial charge in [-0.15, -0.1) is 0 Å². The number of nitrogens with one attached hydrogen (secondary N) is 1. The Hall–Kier alpha value is -1.73. The van der Waals surface area contributed by atoms with Crippen LogP contribution >= 0.6 is 0 Å². The smallest absolute Gasteiger partial charge is 0.232 e. The molecule has 114 valence electrons. The molecular formula is C14H18N2O4S. The minimum Gasteiger partial charge on any atom is -0.494 e. The number of aliphatic hydroxyl groups excluding tert-OH is 1. The summed E-state index contributed by atoms with van der Waals surface area (Å²) >= 11 is 0. The van der Waals surface area contributed by atoms with E-state index in [1.807, 2.05) is 13.1 Å². The number of benzene rings is 1. The van der Waals surface area contributed by atoms with Crippen molar-refractivity contribution < 1.29 is 18.3 Å². The van der Waals surface area contributed by atoms with E-state index < -0.39 is 10.0 Å². The fraction of sp³-hybridized carbons (Fsp3) is 0.429. The lowest BCUT2D eigenvalue weighted by Gasteiger charge is -2.17. The molecule has 0 saturated carbocycles. The van der Waals surface area contributed by atoms with Crippen LogP contribution in [0.2, 0.25) is 0 Å². The van der Waals surface area contributed by atoms with Crippen molar-refractivity contribution in [3.63, 3.8) is 0 Å². The van der Waals surface area contributed by atoms with E-state index in [4.69, 9.17) is 4.74 Å². The second-order valence-corrected chi connectivity index (χ2v) is 7.31. The molecule has 0 radical (unpaired) electrons. The molecule has 7 heteroatoms. The summed E-state index contributed by atoms with van der Waals surface area (Å²) in [5, 5.41) is 10.6. The van der Waals surface area contributed by atoms with Crippen molar-refractivity contribution in [2.75, 3.05) is 30.8 Å². The molecule has 3 rings (SSSR count). The number of H-pyrrole nitrogens is 1. The van der Waals surface area contributed by atoms with Gasteiger partial charge < -0.3 is 14.8 Å². The summed E-state index contributed by atoms with van der Waals surface area (Å²) in [6.07, 6.45) is 3.04. The van der Waals surface area contributed by atoms with Gasteiger partial charge in [0, 0.05) is 30.1 Å². The fourth-order valence-electron chi connectivity index (χ4n) is 3.10. The van der Waals surface area contributed by atoms with Crippen LogP contribution in [0, 0.1) is 6.92 Å². The Morgan fingerprint density at radius 2 is 2.24 bits per heavy atom. The third-order valence-electron chi connectivity index (χ3n) is 4.04. The van der Waals surface area contributed by atoms with E-state index in [0.29, 0.717) is 11.4 Å². The number of hydrogen-bond donors (Lipinski definition) is 2. The number of sulfonamides is 1. The third kappa shape index (κ3) is 1.99. The Morgan fingerprint density at radius 3 is 2.81 bits per heavy atom. The third-order valence-corrected chi connectivity index (χ3v) is 5.19. The van der Waals surface area contributed by atoms with Gasteiger partial charge in [0.2, 0.25) is 10.0 Å². The maximum absolute atomic E-state index is 12.0. The normalized spacial score (nSPS) is 18.3. The zero-order valence-corrected chi connectivity index (χ0v) is 13.0. The maximum Gasteiger partial charge on any atom is 0.232 e. The highest BCUT2D eigenvalue weighted by Crippen LogP contribution is 2.46. The van der Waals surface area contributed by atoms with Gasteiger partial charge >= 0.3 is 0 Å². The van der Waals surface area contributed by atoms with Crippen LogP contribution in [0.15, 0.2) is 12.3 Å². The number of anilines is 1. The van der Waals surface area contributed by atoms with Gasteiger partial charge in [-0.1, -0.05) is 0 Å². The van der Waals surface area contributed by atoms with Crippen LogP contribution in [0.25, 0.3) is 10.9 Å². The molecule has 0 aliphatic carbocycles. The lowest BCUT2D eigenvalue weighted by atomic mass is 9.96. The molecule has 21 heavy (non-hydrogen) atoms. The molecule has 2 N–H and O–H groups in total. The predicted molar refractivity (Wildman–Crippen MR) is 81.6 cm³/mol. The van der Waals surface area contributed by atoms with Crippen molar-refractivity contribution >= 4 is 26.6 Å². The quantitative estimate of drug-likeness (QED) is 0.896. The van der Waals surface area contributed by atoms with Crippen molar-refractivity contribution in [3.8, 4) is 5.75 Å². The molecular weight excluding hydrogens is 292 g/mol. The highest BCUT2D eigenvalue weighted by Gasteiger charge is 2.36. The van der Waals surface area contributed by atoms with Crippen molar-refractivity contribution in [1.82, 2.24) is 4.98 Å². The molecule has 1 aliphatic heterocycles. The molecule has 2 heterocycles. The molecule has 2 aromatic rings. The van der Waals surface area contributed by atoms with Crippen LogP contribution in [-0.2, 0) is 10.0 Å². The van der Waals surface area contributed by atoms with Crippen LogP contribution in [0.1, 0.15) is 17.0 Å². The summed E-state index contributed by atoms with van der Waals surface area (Å²) < 4.78 is 30.8. The first-order valence-electron chi connectivity index (χ1n) is 6.65. The van der Waals surface area contributed by atoms with Crippen LogP contribution in [0.3, 0.4) is 0 Å². The van der Waals surface area contributed by atoms with Crippen molar-refractivity contribution in [2.24, 2.45) is 0 Å². The number of ether oxygens (including phenoxy) is 1. The molecule has 1 unspecified atom stereocenters. The van der Waals surface area contributed by atoms with Crippen LogP contribution < -0.4 is 9.04 Å². The molecule has 1 aromatic carbocycles. The van der Waals surface area contributed by atoms with Gasteiger partial charge in [-0.2, -0.15) is 0 Å². The molecule has 1 aromatic heterocycles. The summed E-state index contributed by atoms with van der Waals surface area (Å²) in [4.78, 5) is 3.16. The van der Waals surface area contributed by atoms with Crippen LogP contribution in [0.4, 0.5) is 5.69 Å². The van der Waals surface area contributed by atoms with Crippen molar-refractivity contribution in [3.05, 3.63) is 23.4 Å². The number of aromatic nitrogens is 1. The second-order valence-electron chi connectivity index (χ2n) is 5.41. The SMILES string of the molecule is COc1cc2c(c3c(C)c[nH]c13)C(CO)CN2S(C)(=O)=O. The number of fused-ring (bicyclic) bond motifs is 3. The topological polar surface area (TPSA) is 82.6 Å². The molecule has 1 aliphatic rings. The molecule has 0 fully saturated rings. The van der Waals surface area contributed by atoms with Gasteiger partial charge in [-0.3, -0.25) is 4.31 Å². The van der Waals surface area contributed by atoms with E-state index in [0.717, 1.165) is 22.0 Å². The molecule has 0 amide bonds. The molecule has 0 spiro atoms. The Balaban J connectivity index is 2.40. The lowest BCUT2D eigenvalue weighted by Crippen LogP contribution is -2.29. The minimum atomic E-state index is -3.39. The van der Waals surface area contributed by atoms with Crippen LogP contribution in [0.5, 0.6) is 5.75 Å². The van der Waals surface area contributed by atoms with E-state index in [9.17, 15) is 13.5 Å². The van der Waals surface area contributed by atoms with Gasteiger partial charge in [0.15, 0.2) is 0 Å². The summed E-state index contributed by atoms with van der Waals surface area (Å²) in [6, 6.07) is 1.73. The van der Waals surface area contributed by atoms with E-state index in [-0.39, 0.29) is 19.1 Å². The Labute approximate surface area is 123 Å². The zero-order valence-electron chi connectivity index (χ0n) is 12.2. The summed E-state index contributed by atoms with van der Waals surface area (Å²) in [5.74, 6) is 0.377. The number of hydrogen-bond acceptors (Lipinski definition) is 4. The summed E-state index contributed by atoms with van der Waals surface area (Å²) in [5.41, 5.74) is 3.32. The van der Waals surface area contributed by atoms with Gasteiger partial charge in [-0.05, 0) is 18.1 Å². The van der Waals surface area contributed by atoms with Gasteiger partial charge in [-0.25, -0.2) is 8.42 Å². The number of aromatic amines is 1. The number of aliphatic hydroxyl groups is 1. The molecule has 1 atom stereocenters. The number of nitrogens with zero attached hydrogens (tertiary/aromatic N) is 1. The average Bonchev–Trinajstić information content (AvgIpc) is 2.98. The van der Waals surface area contributed by atoms with E-state index in [1.165, 1.54) is 10.6 Å².